The van der Waals surface area contributed by atoms with E-state index < -0.39 is 0 Å². The van der Waals surface area contributed by atoms with Crippen molar-refractivity contribution < 1.29 is 14.3 Å². The SMILES string of the molecule is CN[C@H]1CN(C(=O)OCc2ccccc2)CCCC1=O. The van der Waals surface area contributed by atoms with E-state index in [9.17, 15) is 9.59 Å². The third kappa shape index (κ3) is 3.81. The van der Waals surface area contributed by atoms with Crippen molar-refractivity contribution in [1.29, 1.82) is 0 Å². The normalized spacial score (nSPS) is 19.6. The number of likely N-dealkylation sites (tertiary alicyclic amines) is 1. The zero-order chi connectivity index (χ0) is 14.4. The molecule has 1 aliphatic heterocycles. The summed E-state index contributed by atoms with van der Waals surface area (Å²) < 4.78 is 5.30. The topological polar surface area (TPSA) is 58.6 Å². The Hall–Kier alpha value is -1.88. The molecule has 1 amide bonds. The second-order valence-corrected chi connectivity index (χ2v) is 4.90. The number of benzene rings is 1. The van der Waals surface area contributed by atoms with E-state index in [1.54, 1.807) is 11.9 Å². The van der Waals surface area contributed by atoms with Gasteiger partial charge in [-0.25, -0.2) is 4.79 Å². The van der Waals surface area contributed by atoms with E-state index >= 15 is 0 Å². The molecule has 5 heteroatoms. The summed E-state index contributed by atoms with van der Waals surface area (Å²) in [4.78, 5) is 25.4. The largest absolute Gasteiger partial charge is 0.445 e. The Morgan fingerprint density at radius 2 is 2.15 bits per heavy atom. The van der Waals surface area contributed by atoms with E-state index in [1.807, 2.05) is 30.3 Å². The van der Waals surface area contributed by atoms with Crippen LogP contribution in [0.25, 0.3) is 0 Å². The first-order valence-electron chi connectivity index (χ1n) is 6.86. The lowest BCUT2D eigenvalue weighted by atomic mass is 10.1. The summed E-state index contributed by atoms with van der Waals surface area (Å²) in [5, 5.41) is 2.95. The van der Waals surface area contributed by atoms with Gasteiger partial charge in [0.25, 0.3) is 0 Å². The highest BCUT2D eigenvalue weighted by Gasteiger charge is 2.27. The molecule has 1 aliphatic rings. The molecule has 1 fully saturated rings. The van der Waals surface area contributed by atoms with Crippen LogP contribution in [0.1, 0.15) is 18.4 Å². The van der Waals surface area contributed by atoms with E-state index in [0.717, 1.165) is 5.56 Å². The second kappa shape index (κ2) is 7.05. The van der Waals surface area contributed by atoms with Gasteiger partial charge in [-0.05, 0) is 19.0 Å². The van der Waals surface area contributed by atoms with Crippen LogP contribution in [0.2, 0.25) is 0 Å². The zero-order valence-corrected chi connectivity index (χ0v) is 11.7. The number of rotatable bonds is 3. The van der Waals surface area contributed by atoms with Crippen LogP contribution < -0.4 is 5.32 Å². The molecule has 0 unspecified atom stereocenters. The Kier molecular flexibility index (Phi) is 5.12. The fourth-order valence-corrected chi connectivity index (χ4v) is 2.26. The van der Waals surface area contributed by atoms with Gasteiger partial charge >= 0.3 is 6.09 Å². The number of carbonyl (C=O) groups is 2. The molecule has 0 bridgehead atoms. The van der Waals surface area contributed by atoms with Crippen molar-refractivity contribution in [2.75, 3.05) is 20.1 Å². The molecule has 0 aromatic heterocycles. The number of hydrogen-bond acceptors (Lipinski definition) is 4. The van der Waals surface area contributed by atoms with E-state index in [4.69, 9.17) is 4.74 Å². The van der Waals surface area contributed by atoms with Gasteiger partial charge in [-0.1, -0.05) is 30.3 Å². The number of carbonyl (C=O) groups excluding carboxylic acids is 2. The summed E-state index contributed by atoms with van der Waals surface area (Å²) in [6.45, 7) is 1.20. The Morgan fingerprint density at radius 1 is 1.40 bits per heavy atom. The maximum Gasteiger partial charge on any atom is 0.410 e. The molecule has 5 nitrogen and oxygen atoms in total. The van der Waals surface area contributed by atoms with Gasteiger partial charge in [-0.3, -0.25) is 4.79 Å². The van der Waals surface area contributed by atoms with Crippen molar-refractivity contribution in [3.05, 3.63) is 35.9 Å². The van der Waals surface area contributed by atoms with Gasteiger partial charge in [0.2, 0.25) is 0 Å². The van der Waals surface area contributed by atoms with Gasteiger partial charge in [0.1, 0.15) is 6.61 Å². The minimum atomic E-state index is -0.358. The monoisotopic (exact) mass is 276 g/mol. The molecule has 2 rings (SSSR count). The van der Waals surface area contributed by atoms with Gasteiger partial charge in [0.05, 0.1) is 6.04 Å². The molecule has 0 radical (unpaired) electrons. The Balaban J connectivity index is 1.89. The maximum absolute atomic E-state index is 12.1. The average Bonchev–Trinajstić information content (AvgIpc) is 2.67. The van der Waals surface area contributed by atoms with E-state index in [2.05, 4.69) is 5.32 Å². The molecular formula is C15H20N2O3. The molecule has 20 heavy (non-hydrogen) atoms. The van der Waals surface area contributed by atoms with Gasteiger partial charge < -0.3 is 15.0 Å². The summed E-state index contributed by atoms with van der Waals surface area (Å²) in [7, 11) is 1.74. The molecule has 108 valence electrons. The van der Waals surface area contributed by atoms with E-state index in [0.29, 0.717) is 25.9 Å². The summed E-state index contributed by atoms with van der Waals surface area (Å²) in [6.07, 6.45) is 0.842. The number of nitrogens with one attached hydrogen (secondary N) is 1. The fourth-order valence-electron chi connectivity index (χ4n) is 2.26. The number of likely N-dealkylation sites (N-methyl/N-ethyl adjacent to an activating group) is 1. The number of hydrogen-bond donors (Lipinski definition) is 1. The highest BCUT2D eigenvalue weighted by molar-refractivity contribution is 5.85. The summed E-state index contributed by atoms with van der Waals surface area (Å²) in [5.74, 6) is 0.158. The first-order chi connectivity index (χ1) is 9.70. The van der Waals surface area contributed by atoms with E-state index in [-0.39, 0.29) is 24.5 Å². The van der Waals surface area contributed by atoms with Gasteiger partial charge in [-0.15, -0.1) is 0 Å². The van der Waals surface area contributed by atoms with Crippen LogP contribution in [-0.2, 0) is 16.1 Å². The Bertz CT molecular complexity index is 461. The minimum absolute atomic E-state index is 0.158. The molecule has 0 aliphatic carbocycles. The van der Waals surface area contributed by atoms with Crippen LogP contribution in [0.15, 0.2) is 30.3 Å². The minimum Gasteiger partial charge on any atom is -0.445 e. The molecule has 0 saturated carbocycles. The quantitative estimate of drug-likeness (QED) is 0.910. The summed E-state index contributed by atoms with van der Waals surface area (Å²) >= 11 is 0. The van der Waals surface area contributed by atoms with Crippen LogP contribution in [0.4, 0.5) is 4.79 Å². The highest BCUT2D eigenvalue weighted by atomic mass is 16.6. The van der Waals surface area contributed by atoms with Crippen molar-refractivity contribution in [2.45, 2.75) is 25.5 Å². The highest BCUT2D eigenvalue weighted by Crippen LogP contribution is 2.10. The standard InChI is InChI=1S/C15H20N2O3/c1-16-13-10-17(9-5-8-14(13)18)15(19)20-11-12-6-3-2-4-7-12/h2-4,6-7,13,16H,5,8-11H2,1H3/t13-/m0/s1. The predicted molar refractivity (Wildman–Crippen MR) is 75.3 cm³/mol. The van der Waals surface area contributed by atoms with Crippen molar-refractivity contribution in [2.24, 2.45) is 0 Å². The lowest BCUT2D eigenvalue weighted by Crippen LogP contribution is -2.44. The maximum atomic E-state index is 12.1. The molecule has 0 spiro atoms. The predicted octanol–water partition coefficient (Wildman–Crippen LogP) is 1.58. The van der Waals surface area contributed by atoms with Crippen molar-refractivity contribution in [3.63, 3.8) is 0 Å². The van der Waals surface area contributed by atoms with Gasteiger partial charge in [-0.2, -0.15) is 0 Å². The third-order valence-corrected chi connectivity index (χ3v) is 3.45. The Labute approximate surface area is 118 Å². The third-order valence-electron chi connectivity index (χ3n) is 3.45. The Morgan fingerprint density at radius 3 is 2.85 bits per heavy atom. The number of Topliss-reactive ketones (excluding diaryl/α,β-unsaturated/α-hetero) is 1. The molecule has 1 aromatic carbocycles. The zero-order valence-electron chi connectivity index (χ0n) is 11.7. The van der Waals surface area contributed by atoms with Crippen LogP contribution >= 0.6 is 0 Å². The number of nitrogens with zero attached hydrogens (tertiary/aromatic N) is 1. The molecule has 1 heterocycles. The van der Waals surface area contributed by atoms with Crippen LogP contribution in [-0.4, -0.2) is 43.0 Å². The summed E-state index contributed by atoms with van der Waals surface area (Å²) in [5.41, 5.74) is 0.955. The first-order valence-corrected chi connectivity index (χ1v) is 6.86. The fraction of sp³-hybridized carbons (Fsp3) is 0.467. The van der Waals surface area contributed by atoms with Crippen LogP contribution in [0, 0.1) is 0 Å². The average molecular weight is 276 g/mol. The lowest BCUT2D eigenvalue weighted by molar-refractivity contribution is -0.120. The first kappa shape index (κ1) is 14.5. The van der Waals surface area contributed by atoms with Crippen molar-refractivity contribution >= 4 is 11.9 Å². The van der Waals surface area contributed by atoms with Crippen molar-refractivity contribution in [3.8, 4) is 0 Å². The smallest absolute Gasteiger partial charge is 0.410 e. The summed E-state index contributed by atoms with van der Waals surface area (Å²) in [6, 6.07) is 9.27. The molecule has 1 N–H and O–H groups in total. The van der Waals surface area contributed by atoms with Crippen LogP contribution in [0.3, 0.4) is 0 Å². The lowest BCUT2D eigenvalue weighted by Gasteiger charge is -2.23. The van der Waals surface area contributed by atoms with Crippen molar-refractivity contribution in [1.82, 2.24) is 10.2 Å². The second-order valence-electron chi connectivity index (χ2n) is 4.90. The van der Waals surface area contributed by atoms with E-state index in [1.165, 1.54) is 0 Å². The molecule has 1 atom stereocenters. The molecule has 1 saturated heterocycles. The van der Waals surface area contributed by atoms with Crippen LogP contribution in [0.5, 0.6) is 0 Å². The number of amides is 1. The number of ether oxygens (including phenoxy) is 1. The van der Waals surface area contributed by atoms with Gasteiger partial charge in [0, 0.05) is 19.5 Å². The molecule has 1 aromatic rings. The van der Waals surface area contributed by atoms with Gasteiger partial charge in [0.15, 0.2) is 5.78 Å². The number of ketones is 1. The molecular weight excluding hydrogens is 256 g/mol.